The van der Waals surface area contributed by atoms with E-state index in [0.29, 0.717) is 17.1 Å². The Bertz CT molecular complexity index is 939. The Labute approximate surface area is 131 Å². The van der Waals surface area contributed by atoms with Crippen LogP contribution >= 0.6 is 12.2 Å². The highest BCUT2D eigenvalue weighted by atomic mass is 32.1. The van der Waals surface area contributed by atoms with E-state index in [4.69, 9.17) is 22.7 Å². The highest BCUT2D eigenvalue weighted by molar-refractivity contribution is 7.71. The second-order valence-corrected chi connectivity index (χ2v) is 5.38. The Kier molecular flexibility index (Phi) is 3.72. The summed E-state index contributed by atoms with van der Waals surface area (Å²) in [7, 11) is 1.64. The van der Waals surface area contributed by atoms with Crippen LogP contribution in [-0.4, -0.2) is 21.6 Å². The summed E-state index contributed by atoms with van der Waals surface area (Å²) >= 11 is 5.15. The Morgan fingerprint density at radius 3 is 2.91 bits per heavy atom. The molecule has 3 rings (SSSR count). The summed E-state index contributed by atoms with van der Waals surface area (Å²) < 4.78 is 7.28. The fourth-order valence-corrected chi connectivity index (χ4v) is 2.80. The van der Waals surface area contributed by atoms with Crippen LogP contribution in [0.5, 0.6) is 5.75 Å². The van der Waals surface area contributed by atoms with E-state index in [1.54, 1.807) is 11.7 Å². The number of hydrogen-bond acceptors (Lipinski definition) is 4. The smallest absolute Gasteiger partial charge is 0.253 e. The summed E-state index contributed by atoms with van der Waals surface area (Å²) in [6.07, 6.45) is 2.71. The normalized spacial score (nSPS) is 11.0. The number of aromatic nitrogens is 3. The molecule has 0 atom stereocenters. The minimum absolute atomic E-state index is 0.280. The van der Waals surface area contributed by atoms with Crippen molar-refractivity contribution in [2.24, 2.45) is 0 Å². The van der Waals surface area contributed by atoms with Crippen molar-refractivity contribution in [3.8, 4) is 5.75 Å². The largest absolute Gasteiger partial charge is 0.497 e. The zero-order valence-corrected chi connectivity index (χ0v) is 12.9. The number of methoxy groups -OCH3 is 1. The fraction of sp³-hybridized carbons (Fsp3) is 0.200. The van der Waals surface area contributed by atoms with Gasteiger partial charge in [-0.05, 0) is 36.3 Å². The molecular formula is C15H16N4O2S. The molecule has 3 aromatic rings. The molecule has 0 spiro atoms. The van der Waals surface area contributed by atoms with Crippen molar-refractivity contribution in [3.05, 3.63) is 51.2 Å². The van der Waals surface area contributed by atoms with Gasteiger partial charge in [-0.3, -0.25) is 9.78 Å². The lowest BCUT2D eigenvalue weighted by Gasteiger charge is -2.09. The van der Waals surface area contributed by atoms with Crippen molar-refractivity contribution in [2.75, 3.05) is 12.8 Å². The molecule has 22 heavy (non-hydrogen) atoms. The van der Waals surface area contributed by atoms with Crippen molar-refractivity contribution >= 4 is 28.9 Å². The highest BCUT2D eigenvalue weighted by Crippen LogP contribution is 2.23. The van der Waals surface area contributed by atoms with Gasteiger partial charge in [0.1, 0.15) is 11.6 Å². The molecule has 1 aromatic carbocycles. The summed E-state index contributed by atoms with van der Waals surface area (Å²) in [6.45, 7) is 0.598. The fourth-order valence-electron chi connectivity index (χ4n) is 2.50. The zero-order chi connectivity index (χ0) is 15.7. The number of nitrogens with one attached hydrogen (secondary N) is 2. The molecule has 7 heteroatoms. The maximum Gasteiger partial charge on any atom is 0.253 e. The van der Waals surface area contributed by atoms with Crippen LogP contribution in [0.3, 0.4) is 0 Å². The van der Waals surface area contributed by atoms with Gasteiger partial charge in [0.2, 0.25) is 0 Å². The van der Waals surface area contributed by atoms with Crippen LogP contribution in [0.25, 0.3) is 10.9 Å². The van der Waals surface area contributed by atoms with Gasteiger partial charge in [-0.2, -0.15) is 0 Å². The number of anilines is 1. The van der Waals surface area contributed by atoms with E-state index >= 15 is 0 Å². The molecule has 0 saturated carbocycles. The van der Waals surface area contributed by atoms with E-state index in [1.807, 2.05) is 24.4 Å². The first kappa shape index (κ1) is 14.4. The number of nitrogens with two attached hydrogens (primary N) is 1. The van der Waals surface area contributed by atoms with Gasteiger partial charge < -0.3 is 20.0 Å². The van der Waals surface area contributed by atoms with Gasteiger partial charge in [-0.25, -0.2) is 0 Å². The number of aromatic amines is 2. The highest BCUT2D eigenvalue weighted by Gasteiger charge is 2.07. The molecular weight excluding hydrogens is 300 g/mol. The van der Waals surface area contributed by atoms with Crippen LogP contribution in [0, 0.1) is 4.77 Å². The lowest BCUT2D eigenvalue weighted by molar-refractivity contribution is 0.415. The molecule has 0 saturated heterocycles. The van der Waals surface area contributed by atoms with E-state index in [2.05, 4.69) is 9.97 Å². The van der Waals surface area contributed by atoms with Crippen LogP contribution < -0.4 is 16.0 Å². The third-order valence-corrected chi connectivity index (χ3v) is 3.97. The molecule has 114 valence electrons. The number of fused-ring (bicyclic) bond motifs is 1. The van der Waals surface area contributed by atoms with Gasteiger partial charge in [0, 0.05) is 35.8 Å². The maximum absolute atomic E-state index is 11.3. The molecule has 0 amide bonds. The second kappa shape index (κ2) is 5.69. The van der Waals surface area contributed by atoms with E-state index in [1.165, 1.54) is 6.07 Å². The summed E-state index contributed by atoms with van der Waals surface area (Å²) in [5.41, 5.74) is 7.76. The van der Waals surface area contributed by atoms with Gasteiger partial charge in [-0.1, -0.05) is 0 Å². The third kappa shape index (κ3) is 2.62. The first-order chi connectivity index (χ1) is 10.6. The molecule has 0 aliphatic rings. The maximum atomic E-state index is 11.3. The van der Waals surface area contributed by atoms with Gasteiger partial charge in [0.25, 0.3) is 5.56 Å². The number of benzene rings is 1. The number of nitrogens with zero attached hydrogens (tertiary/aromatic N) is 1. The summed E-state index contributed by atoms with van der Waals surface area (Å²) in [6, 6.07) is 7.25. The molecule has 6 nitrogen and oxygen atoms in total. The van der Waals surface area contributed by atoms with Crippen LogP contribution in [0.1, 0.15) is 5.56 Å². The molecule has 0 radical (unpaired) electrons. The van der Waals surface area contributed by atoms with Crippen molar-refractivity contribution < 1.29 is 4.74 Å². The summed E-state index contributed by atoms with van der Waals surface area (Å²) in [5, 5.41) is 1.13. The van der Waals surface area contributed by atoms with Gasteiger partial charge in [0.05, 0.1) is 7.11 Å². The summed E-state index contributed by atoms with van der Waals surface area (Å²) in [4.78, 5) is 17.1. The van der Waals surface area contributed by atoms with Gasteiger partial charge in [0.15, 0.2) is 4.77 Å². The number of rotatable bonds is 4. The molecule has 0 unspecified atom stereocenters. The molecule has 0 aliphatic heterocycles. The van der Waals surface area contributed by atoms with Crippen molar-refractivity contribution in [1.82, 2.24) is 14.5 Å². The van der Waals surface area contributed by atoms with Crippen molar-refractivity contribution in [3.63, 3.8) is 0 Å². The Morgan fingerprint density at radius 1 is 1.36 bits per heavy atom. The topological polar surface area (TPSA) is 88.8 Å². The third-order valence-electron chi connectivity index (χ3n) is 3.65. The van der Waals surface area contributed by atoms with Crippen LogP contribution in [0.15, 0.2) is 35.3 Å². The number of ether oxygens (including phenoxy) is 1. The van der Waals surface area contributed by atoms with Crippen molar-refractivity contribution in [2.45, 2.75) is 13.0 Å². The number of aryl methyl sites for hydroxylation is 1. The second-order valence-electron chi connectivity index (χ2n) is 4.99. The molecule has 2 heterocycles. The molecule has 0 aliphatic carbocycles. The minimum Gasteiger partial charge on any atom is -0.497 e. The molecule has 4 N–H and O–H groups in total. The lowest BCUT2D eigenvalue weighted by atomic mass is 10.1. The molecule has 2 aromatic heterocycles. The SMILES string of the molecule is COc1ccc2c(CCn3c(N)cc(=O)[nH]c3=S)c[nH]c2c1. The number of nitrogen functional groups attached to an aromatic ring is 1. The average Bonchev–Trinajstić information content (AvgIpc) is 2.88. The standard InChI is InChI=1S/C15H16N4O2S/c1-21-10-2-3-11-9(8-17-12(11)6-10)4-5-19-13(16)7-14(20)18-15(19)22/h2-3,6-8,17H,4-5,16H2,1H3,(H,18,20,22). The zero-order valence-electron chi connectivity index (χ0n) is 12.1. The average molecular weight is 316 g/mol. The quantitative estimate of drug-likeness (QED) is 0.644. The van der Waals surface area contributed by atoms with Gasteiger partial charge in [-0.15, -0.1) is 0 Å². The monoisotopic (exact) mass is 316 g/mol. The van der Waals surface area contributed by atoms with E-state index < -0.39 is 0 Å². The summed E-state index contributed by atoms with van der Waals surface area (Å²) in [5.74, 6) is 1.18. The van der Waals surface area contributed by atoms with Gasteiger partial charge >= 0.3 is 0 Å². The molecule has 0 bridgehead atoms. The Morgan fingerprint density at radius 2 is 2.18 bits per heavy atom. The molecule has 0 fully saturated rings. The Hall–Kier alpha value is -2.54. The van der Waals surface area contributed by atoms with E-state index in [-0.39, 0.29) is 5.56 Å². The first-order valence-electron chi connectivity index (χ1n) is 6.82. The van der Waals surface area contributed by atoms with Crippen LogP contribution in [0.4, 0.5) is 5.82 Å². The predicted molar refractivity (Wildman–Crippen MR) is 88.9 cm³/mol. The first-order valence-corrected chi connectivity index (χ1v) is 7.23. The van der Waals surface area contributed by atoms with E-state index in [0.717, 1.165) is 28.6 Å². The van der Waals surface area contributed by atoms with Crippen LogP contribution in [0.2, 0.25) is 0 Å². The van der Waals surface area contributed by atoms with E-state index in [9.17, 15) is 4.79 Å². The lowest BCUT2D eigenvalue weighted by Crippen LogP contribution is -2.17. The predicted octanol–water partition coefficient (Wildman–Crippen LogP) is 2.22. The van der Waals surface area contributed by atoms with Crippen LogP contribution in [-0.2, 0) is 13.0 Å². The van der Waals surface area contributed by atoms with Crippen molar-refractivity contribution in [1.29, 1.82) is 0 Å². The number of H-pyrrole nitrogens is 2. The number of hydrogen-bond donors (Lipinski definition) is 3. The minimum atomic E-state index is -0.280. The Balaban J connectivity index is 1.89.